The molecule has 0 amide bonds. The number of halogens is 1. The van der Waals surface area contributed by atoms with Crippen LogP contribution in [-0.2, 0) is 0 Å². The van der Waals surface area contributed by atoms with Gasteiger partial charge in [-0.15, -0.1) is 0 Å². The molecule has 0 saturated heterocycles. The Bertz CT molecular complexity index is 414. The first-order valence-corrected chi connectivity index (χ1v) is 6.40. The average Bonchev–Trinajstić information content (AvgIpc) is 2.26. The summed E-state index contributed by atoms with van der Waals surface area (Å²) in [4.78, 5) is 4.58. The Balaban J connectivity index is 2.99. The third kappa shape index (κ3) is 3.74. The van der Waals surface area contributed by atoms with E-state index in [1.54, 1.807) is 0 Å². The van der Waals surface area contributed by atoms with Crippen molar-refractivity contribution >= 4 is 17.3 Å². The molecule has 94 valence electrons. The van der Waals surface area contributed by atoms with Crippen LogP contribution in [-0.4, -0.2) is 11.8 Å². The minimum absolute atomic E-state index is 0.385. The van der Waals surface area contributed by atoms with Gasteiger partial charge in [-0.1, -0.05) is 24.6 Å². The van der Waals surface area contributed by atoms with Crippen LogP contribution in [0.1, 0.15) is 41.0 Å². The molecule has 0 aromatic carbocycles. The van der Waals surface area contributed by atoms with Gasteiger partial charge in [0.2, 0.25) is 0 Å². The van der Waals surface area contributed by atoms with Crippen molar-refractivity contribution in [1.29, 1.82) is 0 Å². The number of hydrogen-bond donors (Lipinski definition) is 1. The van der Waals surface area contributed by atoms with Gasteiger partial charge in [0.25, 0.3) is 0 Å². The zero-order chi connectivity index (χ0) is 13.0. The van der Waals surface area contributed by atoms with Gasteiger partial charge in [-0.05, 0) is 45.8 Å². The molecule has 17 heavy (non-hydrogen) atoms. The molecule has 3 heteroatoms. The van der Waals surface area contributed by atoms with Gasteiger partial charge >= 0.3 is 0 Å². The zero-order valence-electron chi connectivity index (χ0n) is 11.3. The van der Waals surface area contributed by atoms with Gasteiger partial charge in [-0.2, -0.15) is 0 Å². The second kappa shape index (κ2) is 6.06. The fourth-order valence-electron chi connectivity index (χ4n) is 1.64. The number of rotatable bonds is 3. The number of nitrogens with one attached hydrogen (secondary N) is 1. The lowest BCUT2D eigenvalue weighted by atomic mass is 10.0. The summed E-state index contributed by atoms with van der Waals surface area (Å²) in [6.07, 6.45) is 5.02. The second-order valence-electron chi connectivity index (χ2n) is 4.42. The van der Waals surface area contributed by atoms with Gasteiger partial charge in [0.15, 0.2) is 0 Å². The van der Waals surface area contributed by atoms with Crippen molar-refractivity contribution in [3.63, 3.8) is 0 Å². The molecule has 0 bridgehead atoms. The Morgan fingerprint density at radius 2 is 2.18 bits per heavy atom. The smallest absolute Gasteiger partial charge is 0.0820 e. The van der Waals surface area contributed by atoms with E-state index in [1.807, 2.05) is 19.9 Å². The SMILES string of the molecule is CC/C=C(Cl)\C(C)=N/C1=C(C)NC(C)C(C)=C1. The highest BCUT2D eigenvalue weighted by Crippen LogP contribution is 2.19. The predicted octanol–water partition coefficient (Wildman–Crippen LogP) is 4.15. The number of nitrogens with zero attached hydrogens (tertiary/aromatic N) is 1. The molecule has 0 aromatic heterocycles. The maximum atomic E-state index is 6.13. The summed E-state index contributed by atoms with van der Waals surface area (Å²) in [7, 11) is 0. The van der Waals surface area contributed by atoms with Gasteiger partial charge in [0, 0.05) is 11.7 Å². The Hall–Kier alpha value is -1.02. The molecule has 1 rings (SSSR count). The third-order valence-corrected chi connectivity index (χ3v) is 3.31. The van der Waals surface area contributed by atoms with Crippen molar-refractivity contribution in [3.8, 4) is 0 Å². The van der Waals surface area contributed by atoms with Gasteiger partial charge in [-0.3, -0.25) is 4.99 Å². The summed E-state index contributed by atoms with van der Waals surface area (Å²) >= 11 is 6.13. The molecule has 0 aliphatic carbocycles. The van der Waals surface area contributed by atoms with Crippen molar-refractivity contribution < 1.29 is 0 Å². The maximum Gasteiger partial charge on any atom is 0.0820 e. The fourth-order valence-corrected chi connectivity index (χ4v) is 1.84. The molecule has 1 atom stereocenters. The van der Waals surface area contributed by atoms with E-state index in [-0.39, 0.29) is 0 Å². The van der Waals surface area contributed by atoms with Crippen molar-refractivity contribution in [2.45, 2.75) is 47.1 Å². The van der Waals surface area contributed by atoms with Crippen molar-refractivity contribution in [1.82, 2.24) is 5.32 Å². The Labute approximate surface area is 109 Å². The van der Waals surface area contributed by atoms with Crippen molar-refractivity contribution in [3.05, 3.63) is 34.2 Å². The molecule has 1 heterocycles. The second-order valence-corrected chi connectivity index (χ2v) is 4.83. The standard InChI is InChI=1S/C14H21ClN2/c1-6-7-13(15)11(4)17-14-8-9(2)10(3)16-12(14)5/h7-8,10,16H,6H2,1-5H3/b13-7+,17-11-. The van der Waals surface area contributed by atoms with Crippen LogP contribution in [0.3, 0.4) is 0 Å². The molecule has 1 aliphatic rings. The zero-order valence-corrected chi connectivity index (χ0v) is 12.0. The molecule has 0 saturated carbocycles. The van der Waals surface area contributed by atoms with Crippen molar-refractivity contribution in [2.24, 2.45) is 4.99 Å². The normalized spacial score (nSPS) is 22.5. The quantitative estimate of drug-likeness (QED) is 0.750. The van der Waals surface area contributed by atoms with Crippen LogP contribution in [0.25, 0.3) is 0 Å². The highest BCUT2D eigenvalue weighted by atomic mass is 35.5. The Morgan fingerprint density at radius 1 is 1.53 bits per heavy atom. The summed E-state index contributed by atoms with van der Waals surface area (Å²) in [5.41, 5.74) is 4.23. The summed E-state index contributed by atoms with van der Waals surface area (Å²) in [5, 5.41) is 4.13. The van der Waals surface area contributed by atoms with E-state index in [9.17, 15) is 0 Å². The number of aliphatic imine (C=N–C) groups is 1. The van der Waals surface area contributed by atoms with Crippen LogP contribution in [0.15, 0.2) is 39.1 Å². The van der Waals surface area contributed by atoms with Crippen LogP contribution in [0.4, 0.5) is 0 Å². The molecule has 1 N–H and O–H groups in total. The maximum absolute atomic E-state index is 6.13. The van der Waals surface area contributed by atoms with Crippen molar-refractivity contribution in [2.75, 3.05) is 0 Å². The van der Waals surface area contributed by atoms with E-state index in [1.165, 1.54) is 5.57 Å². The first-order valence-electron chi connectivity index (χ1n) is 6.02. The Kier molecular flexibility index (Phi) is 5.01. The summed E-state index contributed by atoms with van der Waals surface area (Å²) in [6.45, 7) is 10.3. The molecule has 0 fully saturated rings. The van der Waals surface area contributed by atoms with Crippen LogP contribution in [0.2, 0.25) is 0 Å². The highest BCUT2D eigenvalue weighted by molar-refractivity contribution is 6.43. The number of hydrogen-bond acceptors (Lipinski definition) is 2. The molecule has 0 aromatic rings. The van der Waals surface area contributed by atoms with Gasteiger partial charge in [-0.25, -0.2) is 0 Å². The first kappa shape index (κ1) is 14.0. The lowest BCUT2D eigenvalue weighted by Crippen LogP contribution is -2.29. The molecule has 2 nitrogen and oxygen atoms in total. The minimum atomic E-state index is 0.385. The fraction of sp³-hybridized carbons (Fsp3) is 0.500. The molecular formula is C14H21ClN2. The number of dihydropyridines is 1. The minimum Gasteiger partial charge on any atom is -0.381 e. The van der Waals surface area contributed by atoms with Crippen LogP contribution < -0.4 is 5.32 Å². The summed E-state index contributed by atoms with van der Waals surface area (Å²) in [6, 6.07) is 0.385. The average molecular weight is 253 g/mol. The molecule has 1 aliphatic heterocycles. The summed E-state index contributed by atoms with van der Waals surface area (Å²) in [5.74, 6) is 0. The third-order valence-electron chi connectivity index (χ3n) is 2.88. The number of allylic oxidation sites excluding steroid dienone is 4. The lowest BCUT2D eigenvalue weighted by molar-refractivity contribution is 0.671. The van der Waals surface area contributed by atoms with E-state index in [2.05, 4.69) is 37.2 Å². The van der Waals surface area contributed by atoms with Crippen LogP contribution in [0, 0.1) is 0 Å². The summed E-state index contributed by atoms with van der Waals surface area (Å²) < 4.78 is 0. The molecule has 1 unspecified atom stereocenters. The van der Waals surface area contributed by atoms with E-state index in [4.69, 9.17) is 11.6 Å². The first-order chi connectivity index (χ1) is 7.95. The van der Waals surface area contributed by atoms with E-state index < -0.39 is 0 Å². The molecule has 0 spiro atoms. The lowest BCUT2D eigenvalue weighted by Gasteiger charge is -2.22. The van der Waals surface area contributed by atoms with Gasteiger partial charge in [0.05, 0.1) is 16.4 Å². The van der Waals surface area contributed by atoms with Crippen LogP contribution >= 0.6 is 11.6 Å². The highest BCUT2D eigenvalue weighted by Gasteiger charge is 2.13. The molecule has 0 radical (unpaired) electrons. The topological polar surface area (TPSA) is 24.4 Å². The van der Waals surface area contributed by atoms with Gasteiger partial charge in [0.1, 0.15) is 0 Å². The van der Waals surface area contributed by atoms with E-state index in [0.29, 0.717) is 6.04 Å². The van der Waals surface area contributed by atoms with E-state index >= 15 is 0 Å². The van der Waals surface area contributed by atoms with Gasteiger partial charge < -0.3 is 5.32 Å². The molecular weight excluding hydrogens is 232 g/mol. The predicted molar refractivity (Wildman–Crippen MR) is 76.4 cm³/mol. The van der Waals surface area contributed by atoms with Crippen LogP contribution in [0.5, 0.6) is 0 Å². The Morgan fingerprint density at radius 3 is 2.76 bits per heavy atom. The largest absolute Gasteiger partial charge is 0.381 e. The van der Waals surface area contributed by atoms with E-state index in [0.717, 1.165) is 28.6 Å². The monoisotopic (exact) mass is 252 g/mol.